The fraction of sp³-hybridized carbons (Fsp3) is 0.368. The Morgan fingerprint density at radius 2 is 1.96 bits per heavy atom. The molecular formula is C19H21N3O2. The van der Waals surface area contributed by atoms with Crippen molar-refractivity contribution in [2.24, 2.45) is 5.92 Å². The predicted molar refractivity (Wildman–Crippen MR) is 91.3 cm³/mol. The van der Waals surface area contributed by atoms with Crippen LogP contribution in [0.3, 0.4) is 0 Å². The summed E-state index contributed by atoms with van der Waals surface area (Å²) in [6.07, 6.45) is 2.89. The SMILES string of the molecule is Cc1ccc(Oc2ccc(C(=O)NC3CN4CCC3C4)cc2)cn1. The average molecular weight is 323 g/mol. The lowest BCUT2D eigenvalue weighted by atomic mass is 9.99. The first-order valence-electron chi connectivity index (χ1n) is 8.41. The molecule has 2 fully saturated rings. The van der Waals surface area contributed by atoms with Gasteiger partial charge in [-0.2, -0.15) is 0 Å². The van der Waals surface area contributed by atoms with Crippen LogP contribution in [0, 0.1) is 12.8 Å². The number of rotatable bonds is 4. The number of nitrogens with one attached hydrogen (secondary N) is 1. The average Bonchev–Trinajstić information content (AvgIpc) is 3.20. The quantitative estimate of drug-likeness (QED) is 0.940. The number of amides is 1. The highest BCUT2D eigenvalue weighted by atomic mass is 16.5. The highest BCUT2D eigenvalue weighted by molar-refractivity contribution is 5.94. The Kier molecular flexibility index (Phi) is 3.94. The Morgan fingerprint density at radius 1 is 1.17 bits per heavy atom. The van der Waals surface area contributed by atoms with Crippen molar-refractivity contribution in [3.8, 4) is 11.5 Å². The standard InChI is InChI=1S/C19H21N3O2/c1-13-2-5-17(10-20-13)24-16-6-3-14(4-7-16)19(23)21-18-12-22-9-8-15(18)11-22/h2-7,10,15,18H,8-9,11-12H2,1H3,(H,21,23). The molecule has 0 saturated carbocycles. The van der Waals surface area contributed by atoms with Crippen LogP contribution in [0.15, 0.2) is 42.6 Å². The summed E-state index contributed by atoms with van der Waals surface area (Å²) in [6, 6.07) is 11.3. The van der Waals surface area contributed by atoms with Crippen molar-refractivity contribution < 1.29 is 9.53 Å². The lowest BCUT2D eigenvalue weighted by Crippen LogP contribution is -2.43. The van der Waals surface area contributed by atoms with E-state index in [-0.39, 0.29) is 5.91 Å². The number of fused-ring (bicyclic) bond motifs is 2. The molecule has 2 saturated heterocycles. The summed E-state index contributed by atoms with van der Waals surface area (Å²) < 4.78 is 5.74. The van der Waals surface area contributed by atoms with Crippen LogP contribution in [0.25, 0.3) is 0 Å². The second kappa shape index (κ2) is 6.24. The minimum atomic E-state index is -0.00250. The zero-order chi connectivity index (χ0) is 16.5. The fourth-order valence-corrected chi connectivity index (χ4v) is 3.52. The molecule has 5 nitrogen and oxygen atoms in total. The molecule has 5 heteroatoms. The van der Waals surface area contributed by atoms with Crippen LogP contribution in [0.5, 0.6) is 11.5 Å². The van der Waals surface area contributed by atoms with Gasteiger partial charge in [-0.15, -0.1) is 0 Å². The highest BCUT2D eigenvalue weighted by Crippen LogP contribution is 2.28. The van der Waals surface area contributed by atoms with Gasteiger partial charge in [-0.05, 0) is 62.2 Å². The zero-order valence-corrected chi connectivity index (χ0v) is 13.7. The molecule has 0 radical (unpaired) electrons. The van der Waals surface area contributed by atoms with Gasteiger partial charge in [-0.1, -0.05) is 0 Å². The van der Waals surface area contributed by atoms with E-state index in [4.69, 9.17) is 4.74 Å². The van der Waals surface area contributed by atoms with Crippen LogP contribution >= 0.6 is 0 Å². The molecule has 24 heavy (non-hydrogen) atoms. The Bertz CT molecular complexity index is 727. The second-order valence-electron chi connectivity index (χ2n) is 6.65. The van der Waals surface area contributed by atoms with Gasteiger partial charge >= 0.3 is 0 Å². The molecule has 0 aliphatic carbocycles. The lowest BCUT2D eigenvalue weighted by molar-refractivity contribution is 0.0924. The number of carbonyl (C=O) groups excluding carboxylic acids is 1. The number of pyridine rings is 1. The smallest absolute Gasteiger partial charge is 0.251 e. The third kappa shape index (κ3) is 3.12. The van der Waals surface area contributed by atoms with Crippen LogP contribution in [0.1, 0.15) is 22.5 Å². The Morgan fingerprint density at radius 3 is 2.58 bits per heavy atom. The lowest BCUT2D eigenvalue weighted by Gasteiger charge is -2.23. The summed E-state index contributed by atoms with van der Waals surface area (Å²) >= 11 is 0. The van der Waals surface area contributed by atoms with Gasteiger partial charge in [-0.25, -0.2) is 0 Å². The van der Waals surface area contributed by atoms with Crippen molar-refractivity contribution in [1.82, 2.24) is 15.2 Å². The number of nitrogens with zero attached hydrogens (tertiary/aromatic N) is 2. The van der Waals surface area contributed by atoms with Crippen molar-refractivity contribution >= 4 is 5.91 Å². The minimum absolute atomic E-state index is 0.00250. The van der Waals surface area contributed by atoms with E-state index in [0.29, 0.717) is 29.0 Å². The van der Waals surface area contributed by atoms with Crippen molar-refractivity contribution in [3.63, 3.8) is 0 Å². The number of aromatic nitrogens is 1. The maximum atomic E-state index is 12.4. The van der Waals surface area contributed by atoms with Crippen molar-refractivity contribution in [2.75, 3.05) is 19.6 Å². The largest absolute Gasteiger partial charge is 0.456 e. The van der Waals surface area contributed by atoms with E-state index >= 15 is 0 Å². The van der Waals surface area contributed by atoms with Crippen molar-refractivity contribution in [2.45, 2.75) is 19.4 Å². The number of hydrogen-bond donors (Lipinski definition) is 1. The van der Waals surface area contributed by atoms with E-state index in [1.807, 2.05) is 31.2 Å². The molecule has 124 valence electrons. The molecule has 1 N–H and O–H groups in total. The van der Waals surface area contributed by atoms with Gasteiger partial charge in [-0.3, -0.25) is 9.78 Å². The number of piperidine rings is 1. The van der Waals surface area contributed by atoms with Gasteiger partial charge < -0.3 is 15.0 Å². The molecule has 4 rings (SSSR count). The molecular weight excluding hydrogens is 302 g/mol. The maximum Gasteiger partial charge on any atom is 0.251 e. The first-order valence-corrected chi connectivity index (χ1v) is 8.41. The van der Waals surface area contributed by atoms with Gasteiger partial charge in [0.15, 0.2) is 0 Å². The van der Waals surface area contributed by atoms with Gasteiger partial charge in [0.1, 0.15) is 11.5 Å². The third-order valence-electron chi connectivity index (χ3n) is 4.89. The van der Waals surface area contributed by atoms with E-state index in [2.05, 4.69) is 15.2 Å². The van der Waals surface area contributed by atoms with E-state index in [9.17, 15) is 4.79 Å². The van der Waals surface area contributed by atoms with Crippen LogP contribution < -0.4 is 10.1 Å². The number of hydrogen-bond acceptors (Lipinski definition) is 4. The Hall–Kier alpha value is -2.40. The van der Waals surface area contributed by atoms with Crippen LogP contribution in [0.2, 0.25) is 0 Å². The summed E-state index contributed by atoms with van der Waals surface area (Å²) in [6.45, 7) is 5.22. The molecule has 1 aromatic carbocycles. The molecule has 2 aliphatic rings. The molecule has 0 spiro atoms. The third-order valence-corrected chi connectivity index (χ3v) is 4.89. The molecule has 3 unspecified atom stereocenters. The molecule has 2 aromatic rings. The number of ether oxygens (including phenoxy) is 1. The van der Waals surface area contributed by atoms with Crippen molar-refractivity contribution in [3.05, 3.63) is 53.9 Å². The molecule has 3 atom stereocenters. The summed E-state index contributed by atoms with van der Waals surface area (Å²) in [5.74, 6) is 2.00. The van der Waals surface area contributed by atoms with E-state index < -0.39 is 0 Å². The first kappa shape index (κ1) is 15.1. The summed E-state index contributed by atoms with van der Waals surface area (Å²) in [5.41, 5.74) is 1.62. The summed E-state index contributed by atoms with van der Waals surface area (Å²) in [4.78, 5) is 19.0. The van der Waals surface area contributed by atoms with Crippen LogP contribution in [-0.2, 0) is 0 Å². The van der Waals surface area contributed by atoms with E-state index in [1.165, 1.54) is 13.0 Å². The Labute approximate surface area is 141 Å². The monoisotopic (exact) mass is 323 g/mol. The molecule has 3 heterocycles. The zero-order valence-electron chi connectivity index (χ0n) is 13.7. The second-order valence-corrected chi connectivity index (χ2v) is 6.65. The van der Waals surface area contributed by atoms with Crippen molar-refractivity contribution in [1.29, 1.82) is 0 Å². The molecule has 2 aliphatic heterocycles. The van der Waals surface area contributed by atoms with Gasteiger partial charge in [0.2, 0.25) is 0 Å². The van der Waals surface area contributed by atoms with Crippen LogP contribution in [-0.4, -0.2) is 41.5 Å². The normalized spacial score (nSPS) is 24.8. The summed E-state index contributed by atoms with van der Waals surface area (Å²) in [5, 5.41) is 3.17. The maximum absolute atomic E-state index is 12.4. The highest BCUT2D eigenvalue weighted by Gasteiger charge is 2.38. The minimum Gasteiger partial charge on any atom is -0.456 e. The molecule has 1 aromatic heterocycles. The first-order chi connectivity index (χ1) is 11.7. The number of benzene rings is 1. The van der Waals surface area contributed by atoms with Gasteiger partial charge in [0.05, 0.1) is 6.20 Å². The number of aryl methyl sites for hydroxylation is 1. The molecule has 2 bridgehead atoms. The van der Waals surface area contributed by atoms with Gasteiger partial charge in [0, 0.05) is 30.4 Å². The summed E-state index contributed by atoms with van der Waals surface area (Å²) in [7, 11) is 0. The van der Waals surface area contributed by atoms with E-state index in [0.717, 1.165) is 18.8 Å². The predicted octanol–water partition coefficient (Wildman–Crippen LogP) is 2.62. The van der Waals surface area contributed by atoms with Gasteiger partial charge in [0.25, 0.3) is 5.91 Å². The topological polar surface area (TPSA) is 54.5 Å². The Balaban J connectivity index is 1.38. The van der Waals surface area contributed by atoms with Crippen LogP contribution in [0.4, 0.5) is 0 Å². The van der Waals surface area contributed by atoms with E-state index in [1.54, 1.807) is 18.3 Å². The molecule has 1 amide bonds. The fourth-order valence-electron chi connectivity index (χ4n) is 3.52. The number of carbonyl (C=O) groups is 1.